The molecule has 1 amide bonds. The van der Waals surface area contributed by atoms with Crippen LogP contribution in [-0.2, 0) is 0 Å². The Morgan fingerprint density at radius 3 is 2.54 bits per heavy atom. The second kappa shape index (κ2) is 7.72. The number of carbonyl (C=O) groups is 1. The van der Waals surface area contributed by atoms with Crippen LogP contribution in [0.3, 0.4) is 0 Å². The number of nitrogens with zero attached hydrogens (tertiary/aromatic N) is 3. The first kappa shape index (κ1) is 18.2. The van der Waals surface area contributed by atoms with Gasteiger partial charge in [-0.25, -0.2) is 0 Å². The van der Waals surface area contributed by atoms with Gasteiger partial charge in [0.05, 0.1) is 16.3 Å². The number of halogens is 1. The highest BCUT2D eigenvalue weighted by Gasteiger charge is 2.21. The number of anilines is 2. The molecule has 0 bridgehead atoms. The van der Waals surface area contributed by atoms with Gasteiger partial charge in [-0.15, -0.1) is 0 Å². The molecule has 0 spiro atoms. The molecule has 0 radical (unpaired) electrons. The zero-order valence-corrected chi connectivity index (χ0v) is 15.1. The van der Waals surface area contributed by atoms with Gasteiger partial charge in [0.25, 0.3) is 11.6 Å². The molecule has 7 nitrogen and oxygen atoms in total. The Kier molecular flexibility index (Phi) is 5.39. The second-order valence-electron chi connectivity index (χ2n) is 6.21. The lowest BCUT2D eigenvalue weighted by atomic mass is 10.1. The van der Waals surface area contributed by atoms with Crippen molar-refractivity contribution >= 4 is 34.6 Å². The predicted octanol–water partition coefficient (Wildman–Crippen LogP) is 3.25. The molecular weight excluding hydrogens is 356 g/mol. The second-order valence-corrected chi connectivity index (χ2v) is 6.65. The molecule has 136 valence electrons. The Morgan fingerprint density at radius 2 is 1.88 bits per heavy atom. The van der Waals surface area contributed by atoms with Crippen molar-refractivity contribution in [3.8, 4) is 0 Å². The third-order valence-corrected chi connectivity index (χ3v) is 4.61. The highest BCUT2D eigenvalue weighted by molar-refractivity contribution is 6.31. The highest BCUT2D eigenvalue weighted by Crippen LogP contribution is 2.31. The molecule has 8 heteroatoms. The van der Waals surface area contributed by atoms with E-state index in [2.05, 4.69) is 22.2 Å². The van der Waals surface area contributed by atoms with Gasteiger partial charge >= 0.3 is 0 Å². The smallest absolute Gasteiger partial charge is 0.271 e. The monoisotopic (exact) mass is 374 g/mol. The number of non-ortho nitro benzene ring substituents is 1. The van der Waals surface area contributed by atoms with Crippen LogP contribution in [0.5, 0.6) is 0 Å². The number of hydrogen-bond donors (Lipinski definition) is 1. The maximum absolute atomic E-state index is 12.6. The van der Waals surface area contributed by atoms with E-state index in [1.807, 2.05) is 0 Å². The summed E-state index contributed by atoms with van der Waals surface area (Å²) in [5.74, 6) is -0.358. The van der Waals surface area contributed by atoms with Gasteiger partial charge in [0.15, 0.2) is 0 Å². The number of nitro benzene ring substituents is 1. The molecule has 3 rings (SSSR count). The average molecular weight is 375 g/mol. The lowest BCUT2D eigenvalue weighted by Crippen LogP contribution is -2.44. The van der Waals surface area contributed by atoms with Crippen molar-refractivity contribution in [1.29, 1.82) is 0 Å². The van der Waals surface area contributed by atoms with E-state index < -0.39 is 4.92 Å². The molecule has 0 saturated carbocycles. The highest BCUT2D eigenvalue weighted by atomic mass is 35.5. The van der Waals surface area contributed by atoms with E-state index in [1.54, 1.807) is 30.3 Å². The fourth-order valence-corrected chi connectivity index (χ4v) is 3.08. The van der Waals surface area contributed by atoms with Gasteiger partial charge in [-0.3, -0.25) is 14.9 Å². The lowest BCUT2D eigenvalue weighted by Gasteiger charge is -2.35. The zero-order valence-electron chi connectivity index (χ0n) is 14.3. The third kappa shape index (κ3) is 4.12. The Morgan fingerprint density at radius 1 is 1.15 bits per heavy atom. The topological polar surface area (TPSA) is 78.7 Å². The molecule has 26 heavy (non-hydrogen) atoms. The number of nitrogens with one attached hydrogen (secondary N) is 1. The van der Waals surface area contributed by atoms with Crippen LogP contribution in [0.15, 0.2) is 42.5 Å². The van der Waals surface area contributed by atoms with Crippen molar-refractivity contribution in [2.24, 2.45) is 0 Å². The van der Waals surface area contributed by atoms with Crippen LogP contribution in [0.2, 0.25) is 5.02 Å². The first-order chi connectivity index (χ1) is 12.4. The first-order valence-electron chi connectivity index (χ1n) is 8.23. The molecule has 1 saturated heterocycles. The number of hydrogen-bond acceptors (Lipinski definition) is 5. The molecule has 1 N–H and O–H groups in total. The van der Waals surface area contributed by atoms with Crippen LogP contribution in [0.25, 0.3) is 0 Å². The number of benzene rings is 2. The zero-order chi connectivity index (χ0) is 18.7. The summed E-state index contributed by atoms with van der Waals surface area (Å²) in [6.07, 6.45) is 0. The van der Waals surface area contributed by atoms with Crippen molar-refractivity contribution in [3.63, 3.8) is 0 Å². The van der Waals surface area contributed by atoms with E-state index >= 15 is 0 Å². The number of piperazine rings is 1. The van der Waals surface area contributed by atoms with E-state index in [4.69, 9.17) is 11.6 Å². The largest absolute Gasteiger partial charge is 0.367 e. The molecule has 2 aromatic carbocycles. The van der Waals surface area contributed by atoms with Crippen LogP contribution in [0.1, 0.15) is 10.4 Å². The van der Waals surface area contributed by atoms with Gasteiger partial charge in [0.1, 0.15) is 0 Å². The van der Waals surface area contributed by atoms with Crippen molar-refractivity contribution in [3.05, 3.63) is 63.2 Å². The number of carbonyl (C=O) groups excluding carboxylic acids is 1. The van der Waals surface area contributed by atoms with E-state index in [-0.39, 0.29) is 11.6 Å². The van der Waals surface area contributed by atoms with Crippen molar-refractivity contribution in [2.45, 2.75) is 0 Å². The van der Waals surface area contributed by atoms with Gasteiger partial charge in [-0.2, -0.15) is 0 Å². The summed E-state index contributed by atoms with van der Waals surface area (Å²) < 4.78 is 0. The van der Waals surface area contributed by atoms with Gasteiger partial charge in [-0.1, -0.05) is 17.7 Å². The molecule has 0 aliphatic carbocycles. The summed E-state index contributed by atoms with van der Waals surface area (Å²) in [5, 5.41) is 14.4. The average Bonchev–Trinajstić information content (AvgIpc) is 2.62. The number of likely N-dealkylation sites (N-methyl/N-ethyl adjacent to an activating group) is 1. The molecule has 0 unspecified atom stereocenters. The maximum Gasteiger partial charge on any atom is 0.271 e. The van der Waals surface area contributed by atoms with Crippen LogP contribution >= 0.6 is 11.6 Å². The minimum atomic E-state index is -0.469. The van der Waals surface area contributed by atoms with Crippen molar-refractivity contribution < 1.29 is 9.72 Å². The van der Waals surface area contributed by atoms with E-state index in [1.165, 1.54) is 12.1 Å². The fourth-order valence-electron chi connectivity index (χ4n) is 2.89. The molecule has 1 fully saturated rings. The van der Waals surface area contributed by atoms with Crippen LogP contribution in [-0.4, -0.2) is 49.0 Å². The summed E-state index contributed by atoms with van der Waals surface area (Å²) in [6.45, 7) is 3.35. The Labute approximate surface area is 156 Å². The molecule has 1 aliphatic heterocycles. The first-order valence-corrected chi connectivity index (χ1v) is 8.60. The molecule has 2 aromatic rings. The van der Waals surface area contributed by atoms with Gasteiger partial charge in [0, 0.05) is 48.9 Å². The minimum absolute atomic E-state index is 0.0655. The van der Waals surface area contributed by atoms with Gasteiger partial charge < -0.3 is 15.1 Å². The number of nitro groups is 1. The quantitative estimate of drug-likeness (QED) is 0.656. The van der Waals surface area contributed by atoms with E-state index in [9.17, 15) is 14.9 Å². The molecular formula is C18H19ClN4O3. The number of rotatable bonds is 4. The Bertz CT molecular complexity index is 835. The minimum Gasteiger partial charge on any atom is -0.367 e. The van der Waals surface area contributed by atoms with Crippen molar-refractivity contribution in [1.82, 2.24) is 4.90 Å². The normalized spacial score (nSPS) is 14.9. The summed E-state index contributed by atoms with van der Waals surface area (Å²) in [6, 6.07) is 11.1. The molecule has 0 atom stereocenters. The third-order valence-electron chi connectivity index (χ3n) is 4.37. The molecule has 0 aromatic heterocycles. The number of amides is 1. The van der Waals surface area contributed by atoms with Crippen LogP contribution < -0.4 is 10.2 Å². The summed E-state index contributed by atoms with van der Waals surface area (Å²) in [5.41, 5.74) is 1.53. The summed E-state index contributed by atoms with van der Waals surface area (Å²) in [7, 11) is 2.05. The molecule has 1 heterocycles. The SMILES string of the molecule is CN1CCN(c2ccc([N+](=O)[O-])cc2NC(=O)c2cccc(Cl)c2)CC1. The Hall–Kier alpha value is -2.64. The summed E-state index contributed by atoms with van der Waals surface area (Å²) >= 11 is 5.94. The Balaban J connectivity index is 1.91. The van der Waals surface area contributed by atoms with Crippen LogP contribution in [0, 0.1) is 10.1 Å². The lowest BCUT2D eigenvalue weighted by molar-refractivity contribution is -0.384. The standard InChI is InChI=1S/C18H19ClN4O3/c1-21-7-9-22(10-8-21)17-6-5-15(23(25)26)12-16(17)20-18(24)13-3-2-4-14(19)11-13/h2-6,11-12H,7-10H2,1H3,(H,20,24). The predicted molar refractivity (Wildman–Crippen MR) is 102 cm³/mol. The molecule has 1 aliphatic rings. The van der Waals surface area contributed by atoms with E-state index in [0.717, 1.165) is 31.9 Å². The fraction of sp³-hybridized carbons (Fsp3) is 0.278. The maximum atomic E-state index is 12.6. The van der Waals surface area contributed by atoms with Gasteiger partial charge in [0.2, 0.25) is 0 Å². The van der Waals surface area contributed by atoms with E-state index in [0.29, 0.717) is 16.3 Å². The van der Waals surface area contributed by atoms with Gasteiger partial charge in [-0.05, 0) is 31.3 Å². The van der Waals surface area contributed by atoms with Crippen molar-refractivity contribution in [2.75, 3.05) is 43.4 Å². The van der Waals surface area contributed by atoms with Crippen LogP contribution in [0.4, 0.5) is 17.1 Å². The summed E-state index contributed by atoms with van der Waals surface area (Å²) in [4.78, 5) is 27.6.